The number of amides is 10. The number of rotatable bonds is 67. The lowest BCUT2D eigenvalue weighted by molar-refractivity contribution is -0.173. The molecular formula is C94H114N11O36S2+. The number of urea groups is 2. The van der Waals surface area contributed by atoms with Gasteiger partial charge < -0.3 is 117 Å². The largest absolute Gasteiger partial charge is 0.481 e. The minimum Gasteiger partial charge on any atom is -0.481 e. The van der Waals surface area contributed by atoms with Crippen molar-refractivity contribution in [1.82, 2.24) is 47.4 Å². The van der Waals surface area contributed by atoms with Crippen LogP contribution in [-0.2, 0) is 128 Å². The Morgan fingerprint density at radius 1 is 0.524 bits per heavy atom. The number of Topliss-reactive ketones (excluding diaryl/α,β-unsaturated/α-hetero) is 5. The highest BCUT2D eigenvalue weighted by molar-refractivity contribution is 8.00. The molecule has 10 amide bonds. The maximum absolute atomic E-state index is 14.0. The van der Waals surface area contributed by atoms with Gasteiger partial charge in [-0.1, -0.05) is 72.8 Å². The number of likely N-dealkylation sites (tertiary alicyclic amines) is 1. The van der Waals surface area contributed by atoms with Gasteiger partial charge in [0, 0.05) is 147 Å². The molecule has 2 heterocycles. The van der Waals surface area contributed by atoms with Crippen LogP contribution < -0.4 is 59.0 Å². The Morgan fingerprint density at radius 2 is 0.993 bits per heavy atom. The van der Waals surface area contributed by atoms with Crippen LogP contribution in [0.15, 0.2) is 108 Å². The van der Waals surface area contributed by atoms with Gasteiger partial charge in [0.2, 0.25) is 52.4 Å². The molecule has 49 heteroatoms. The normalized spacial score (nSPS) is 13.8. The molecule has 4 aromatic carbocycles. The molecule has 0 saturated carbocycles. The second-order valence-electron chi connectivity index (χ2n) is 32.2. The third-order valence-corrected chi connectivity index (χ3v) is 23.7. The summed E-state index contributed by atoms with van der Waals surface area (Å²) in [5, 5.41) is 90.7. The third kappa shape index (κ3) is 39.9. The molecule has 1 fully saturated rings. The number of benzene rings is 5. The number of carbonyl (C=O) groups is 22. The second-order valence-corrected chi connectivity index (χ2v) is 33.8. The van der Waals surface area contributed by atoms with Crippen molar-refractivity contribution in [3.8, 4) is 22.5 Å². The number of anilines is 1. The van der Waals surface area contributed by atoms with Crippen LogP contribution >= 0.6 is 24.4 Å². The number of thiol groups is 1. The number of hydrogen-bond donors (Lipinski definition) is 18. The molecule has 1 saturated heterocycles. The number of hydrogen-bond acceptors (Lipinski definition) is 32. The van der Waals surface area contributed by atoms with E-state index in [1.807, 2.05) is 0 Å². The first-order valence-corrected chi connectivity index (χ1v) is 46.5. The third-order valence-electron chi connectivity index (χ3n) is 21.9. The van der Waals surface area contributed by atoms with E-state index in [-0.39, 0.29) is 192 Å². The van der Waals surface area contributed by atoms with Crippen LogP contribution in [-0.4, -0.2) is 298 Å². The molecule has 0 radical (unpaired) electrons. The van der Waals surface area contributed by atoms with Gasteiger partial charge in [0.15, 0.2) is 29.8 Å². The Bertz CT molecular complexity index is 5570. The summed E-state index contributed by atoms with van der Waals surface area (Å²) in [7, 11) is 0. The van der Waals surface area contributed by atoms with Crippen molar-refractivity contribution in [1.29, 1.82) is 0 Å². The number of thioether (sulfide) groups is 1. The molecule has 1 aliphatic carbocycles. The van der Waals surface area contributed by atoms with E-state index in [1.54, 1.807) is 105 Å². The highest BCUT2D eigenvalue weighted by Crippen LogP contribution is 2.44. The molecule has 19 N–H and O–H groups in total. The number of ketones is 5. The monoisotopic (exact) mass is 2040 g/mol. The summed E-state index contributed by atoms with van der Waals surface area (Å²) in [6, 6.07) is 21.2. The first-order valence-electron chi connectivity index (χ1n) is 44.8. The van der Waals surface area contributed by atoms with Crippen molar-refractivity contribution in [3.63, 3.8) is 0 Å². The Kier molecular flexibility index (Phi) is 49.7. The molecule has 3 aliphatic rings. The van der Waals surface area contributed by atoms with Gasteiger partial charge in [-0.15, -0.1) is 11.8 Å². The van der Waals surface area contributed by atoms with E-state index in [1.165, 1.54) is 12.1 Å². The summed E-state index contributed by atoms with van der Waals surface area (Å²) in [6.07, 6.45) is -7.08. The van der Waals surface area contributed by atoms with Crippen LogP contribution in [0.1, 0.15) is 139 Å². The fraction of sp³-hybridized carbons (Fsp3) is 0.436. The minimum absolute atomic E-state index is 0.00230. The van der Waals surface area contributed by atoms with Crippen LogP contribution in [0.5, 0.6) is 0 Å². The number of carboxylic acids is 7. The molecule has 772 valence electrons. The Balaban J connectivity index is 0.000000511. The Morgan fingerprint density at radius 3 is 1.45 bits per heavy atom. The summed E-state index contributed by atoms with van der Waals surface area (Å²) in [6.45, 7) is 3.63. The van der Waals surface area contributed by atoms with E-state index in [0.29, 0.717) is 61.2 Å². The van der Waals surface area contributed by atoms with E-state index >= 15 is 0 Å². The van der Waals surface area contributed by atoms with E-state index in [4.69, 9.17) is 49.8 Å². The molecule has 2 aliphatic heterocycles. The number of fused-ring (bicyclic) bond motifs is 2. The highest BCUT2D eigenvalue weighted by atomic mass is 32.2. The van der Waals surface area contributed by atoms with Crippen LogP contribution in [0.2, 0.25) is 0 Å². The van der Waals surface area contributed by atoms with Gasteiger partial charge in [-0.3, -0.25) is 82.2 Å². The fourth-order valence-electron chi connectivity index (χ4n) is 14.2. The number of carbonyl (C=O) groups excluding carboxylic acids is 15. The van der Waals surface area contributed by atoms with Gasteiger partial charge in [0.05, 0.1) is 94.2 Å². The highest BCUT2D eigenvalue weighted by Gasteiger charge is 2.41. The smallest absolute Gasteiger partial charge is 0.372 e. The molecule has 0 bridgehead atoms. The van der Waals surface area contributed by atoms with Crippen LogP contribution in [0, 0.1) is 25.7 Å². The maximum Gasteiger partial charge on any atom is 0.372 e. The van der Waals surface area contributed by atoms with Crippen molar-refractivity contribution in [2.75, 3.05) is 89.7 Å². The summed E-state index contributed by atoms with van der Waals surface area (Å²) in [5.74, 6) is -20.4. The zero-order chi connectivity index (χ0) is 105. The maximum atomic E-state index is 14.0. The Hall–Kier alpha value is -15.0. The zero-order valence-electron chi connectivity index (χ0n) is 77.8. The van der Waals surface area contributed by atoms with E-state index < -0.39 is 198 Å². The molecule has 0 spiro atoms. The number of ether oxygens (including phenoxy) is 6. The van der Waals surface area contributed by atoms with Gasteiger partial charge in [0.25, 0.3) is 12.9 Å². The van der Waals surface area contributed by atoms with Crippen molar-refractivity contribution < 1.29 is 179 Å². The topological polar surface area (TPSA) is 737 Å². The van der Waals surface area contributed by atoms with Crippen LogP contribution in [0.4, 0.5) is 15.3 Å². The number of nitrogens with one attached hydrogen (secondary N) is 8. The number of aryl methyl sites for hydroxylation is 1. The quantitative estimate of drug-likeness (QED) is 0.00294. The number of nitrogen functional groups attached to an aromatic ring is 1. The van der Waals surface area contributed by atoms with Crippen molar-refractivity contribution in [2.24, 2.45) is 11.8 Å². The predicted molar refractivity (Wildman–Crippen MR) is 504 cm³/mol. The minimum atomic E-state index is -1.84. The van der Waals surface area contributed by atoms with Crippen LogP contribution in [0.3, 0.4) is 0 Å². The number of aromatic carboxylic acids is 1. The SMILES string of the molecule is Cc1c2oc3c(C)c(N)ccc3c(-c3ccc(C(=O)CCCN4C(=O)CC(SCC(CC(=O)C(Cc5ccccc5)NC(=O)CCOCCOCCNC(=O)CC[C@@H](NC(=O)N[C@H](CCC(=O)O)OC=O)C(=O)O)C(=O)C(=O)O)C4=O)cc3C(=O)O)c-2ccc1=[NH2+].O=CO[C@@H](CCC(=O)O)NC(=O)N[C@H](CCC(=O)NCCOCCOCCC(=O)NC(Cc1ccccc1)C(=O)CC(CS)C(=O)C(=O)O)C(=O)O. The van der Waals surface area contributed by atoms with Crippen molar-refractivity contribution in [2.45, 2.75) is 165 Å². The predicted octanol–water partition coefficient (Wildman–Crippen LogP) is 1.29. The van der Waals surface area contributed by atoms with E-state index in [2.05, 4.69) is 64.6 Å². The molecule has 47 nitrogen and oxygen atoms in total. The van der Waals surface area contributed by atoms with Gasteiger partial charge in [0.1, 0.15) is 23.4 Å². The van der Waals surface area contributed by atoms with Crippen molar-refractivity contribution >= 4 is 172 Å². The first-order chi connectivity index (χ1) is 68.1. The van der Waals surface area contributed by atoms with Gasteiger partial charge in [-0.25, -0.2) is 33.6 Å². The van der Waals surface area contributed by atoms with Gasteiger partial charge in [-0.05, 0) is 86.9 Å². The summed E-state index contributed by atoms with van der Waals surface area (Å²) in [5.41, 5.74) is 11.1. The van der Waals surface area contributed by atoms with Gasteiger partial charge in [-0.2, -0.15) is 12.6 Å². The number of nitrogens with two attached hydrogens (primary N) is 2. The number of nitrogens with zero attached hydrogens (tertiary/aromatic N) is 1. The number of carboxylic acid groups (broad SMARTS) is 7. The molecule has 9 atom stereocenters. The van der Waals surface area contributed by atoms with E-state index in [0.717, 1.165) is 22.2 Å². The lowest BCUT2D eigenvalue weighted by Gasteiger charge is -2.21. The Labute approximate surface area is 825 Å². The molecule has 143 heavy (non-hydrogen) atoms. The molecular weight excluding hydrogens is 1920 g/mol. The first kappa shape index (κ1) is 117. The lowest BCUT2D eigenvalue weighted by atomic mass is 9.87. The van der Waals surface area contributed by atoms with Gasteiger partial charge >= 0.3 is 53.8 Å². The summed E-state index contributed by atoms with van der Waals surface area (Å²) < 4.78 is 37.2. The zero-order valence-corrected chi connectivity index (χ0v) is 79.5. The molecule has 7 rings (SSSR count). The molecule has 4 aromatic rings. The second kappa shape index (κ2) is 60.9. The van der Waals surface area contributed by atoms with E-state index in [9.17, 15) is 126 Å². The number of imide groups is 1. The van der Waals surface area contributed by atoms with Crippen molar-refractivity contribution in [3.05, 3.63) is 142 Å². The van der Waals surface area contributed by atoms with Crippen LogP contribution in [0.25, 0.3) is 33.4 Å². The average molecular weight is 2040 g/mol. The summed E-state index contributed by atoms with van der Waals surface area (Å²) >= 11 is 4.82. The summed E-state index contributed by atoms with van der Waals surface area (Å²) in [4.78, 5) is 270. The molecule has 0 aromatic heterocycles. The number of aliphatic carboxylic acids is 6. The fourth-order valence-corrected chi connectivity index (χ4v) is 15.8. The average Bonchev–Trinajstić information content (AvgIpc) is 0.963. The standard InChI is InChI=1S/C62H69N7O21S.C32H44N4O15S/c1-33-42(63)14-12-39-54(40-13-15-43(64)34(2)57(40)90-56(33)39)38-11-10-36(28-41(38)59(80)81)46(71)9-6-22-69-52(75)30-48(58(69)79)91-31-37(55(78)61(84)85)29-47(72)45(27-35-7-4-3-5-8-35)66-50(74)20-23-87-25-26-88-24-21-65-49(73)17-16-44(60(82)83)67-62(86)68-51(89-32-70)18-19-53(76)77;37-19-51-27(8-9-28(41)42)36-32(48)35-22(30(44)45)6-7-25(39)33-11-13-50-15-14-49-12-10-26(40)34-23(16-20-4-2-1-3-5-20)24(38)17-21(18-52)29(43)31(46)47/h3-5,7-8,10-15,28,32,37,44-45,48,51,63H,6,9,16-27,29-31,64H2,1-2H3,(H,65,73)(H,66,74)(H,76,77)(H,80,81)(H,82,83)(H,84,85)(H2,67,68,86);1-5,19,21-23,27,52H,6-18H2,(H,33,39)(H,34,40)(H,41,42)(H,44,45)(H,46,47)(H2,35,36,48)/p+1/t37?,44-,45?,48?,51+;21?,22-,23?,27+/m11/s1. The molecule has 5 unspecified atom stereocenters. The lowest BCUT2D eigenvalue weighted by Crippen LogP contribution is -2.50.